The summed E-state index contributed by atoms with van der Waals surface area (Å²) in [6, 6.07) is 12.1. The summed E-state index contributed by atoms with van der Waals surface area (Å²) in [5.74, 6) is -0.201. The largest absolute Gasteiger partial charge is 0.358 e. The van der Waals surface area contributed by atoms with Gasteiger partial charge in [0.2, 0.25) is 11.8 Å². The molecule has 0 bridgehead atoms. The number of aromatic nitrogens is 2. The van der Waals surface area contributed by atoms with Gasteiger partial charge in [0.15, 0.2) is 0 Å². The van der Waals surface area contributed by atoms with Gasteiger partial charge in [-0.1, -0.05) is 37.0 Å². The summed E-state index contributed by atoms with van der Waals surface area (Å²) in [6.45, 7) is 5.23. The molecule has 0 saturated carbocycles. The highest BCUT2D eigenvalue weighted by molar-refractivity contribution is 7.87. The summed E-state index contributed by atoms with van der Waals surface area (Å²) in [6.07, 6.45) is 0. The van der Waals surface area contributed by atoms with Crippen LogP contribution in [0.1, 0.15) is 32.4 Å². The van der Waals surface area contributed by atoms with E-state index in [0.717, 1.165) is 0 Å². The lowest BCUT2D eigenvalue weighted by Gasteiger charge is -2.10. The molecule has 3 aromatic rings. The van der Waals surface area contributed by atoms with Gasteiger partial charge in [-0.3, -0.25) is 4.79 Å². The molecule has 0 spiro atoms. The molecule has 2 aromatic carbocycles. The monoisotopic (exact) mass is 467 g/mol. The van der Waals surface area contributed by atoms with Crippen molar-refractivity contribution in [1.29, 1.82) is 0 Å². The SMILES string of the molecule is CC(=O)Nc1ccc(S(=O)(=O)Oc2cc(C(C)C)nn2-c2ccc(Cl)c(Cl)c2)cc1. The van der Waals surface area contributed by atoms with Crippen molar-refractivity contribution in [2.75, 3.05) is 5.32 Å². The first-order valence-corrected chi connectivity index (χ1v) is 11.1. The minimum Gasteiger partial charge on any atom is -0.358 e. The molecule has 158 valence electrons. The smallest absolute Gasteiger partial charge is 0.340 e. The molecule has 0 atom stereocenters. The lowest BCUT2D eigenvalue weighted by molar-refractivity contribution is -0.114. The van der Waals surface area contributed by atoms with Gasteiger partial charge in [0, 0.05) is 18.7 Å². The fourth-order valence-corrected chi connectivity index (χ4v) is 3.79. The van der Waals surface area contributed by atoms with Gasteiger partial charge in [-0.05, 0) is 48.4 Å². The predicted octanol–water partition coefficient (Wildman–Crippen LogP) is 5.03. The minimum absolute atomic E-state index is 0.0167. The van der Waals surface area contributed by atoms with Gasteiger partial charge in [0.05, 0.1) is 21.4 Å². The number of amides is 1. The first-order chi connectivity index (χ1) is 14.1. The van der Waals surface area contributed by atoms with E-state index in [-0.39, 0.29) is 22.6 Å². The molecule has 1 aromatic heterocycles. The van der Waals surface area contributed by atoms with E-state index in [9.17, 15) is 13.2 Å². The number of anilines is 1. The number of nitrogens with zero attached hydrogens (tertiary/aromatic N) is 2. The molecular weight excluding hydrogens is 449 g/mol. The zero-order valence-electron chi connectivity index (χ0n) is 16.4. The van der Waals surface area contributed by atoms with Gasteiger partial charge in [-0.2, -0.15) is 18.2 Å². The third kappa shape index (κ3) is 4.95. The molecule has 1 heterocycles. The van der Waals surface area contributed by atoms with E-state index >= 15 is 0 Å². The van der Waals surface area contributed by atoms with Crippen LogP contribution in [-0.2, 0) is 14.9 Å². The summed E-state index contributed by atoms with van der Waals surface area (Å²) in [7, 11) is -4.15. The number of carbonyl (C=O) groups is 1. The second-order valence-corrected chi connectivity index (χ2v) is 9.18. The first-order valence-electron chi connectivity index (χ1n) is 8.94. The summed E-state index contributed by atoms with van der Waals surface area (Å²) in [5.41, 5.74) is 1.62. The molecule has 0 radical (unpaired) electrons. The van der Waals surface area contributed by atoms with E-state index < -0.39 is 10.1 Å². The molecule has 3 rings (SSSR count). The Morgan fingerprint density at radius 2 is 1.73 bits per heavy atom. The molecule has 10 heteroatoms. The van der Waals surface area contributed by atoms with Crippen molar-refractivity contribution < 1.29 is 17.4 Å². The summed E-state index contributed by atoms with van der Waals surface area (Å²) in [4.78, 5) is 11.1. The van der Waals surface area contributed by atoms with Crippen LogP contribution in [0.5, 0.6) is 5.88 Å². The Kier molecular flexibility index (Phi) is 6.40. The maximum Gasteiger partial charge on any atom is 0.340 e. The van der Waals surface area contributed by atoms with Crippen molar-refractivity contribution in [1.82, 2.24) is 9.78 Å². The average molecular weight is 468 g/mol. The van der Waals surface area contributed by atoms with Crippen LogP contribution >= 0.6 is 23.2 Å². The van der Waals surface area contributed by atoms with Crippen molar-refractivity contribution in [3.63, 3.8) is 0 Å². The maximum absolute atomic E-state index is 12.8. The number of nitrogens with one attached hydrogen (secondary N) is 1. The van der Waals surface area contributed by atoms with Crippen LogP contribution in [0.4, 0.5) is 5.69 Å². The zero-order valence-corrected chi connectivity index (χ0v) is 18.7. The molecular formula is C20H19Cl2N3O4S. The second-order valence-electron chi connectivity index (χ2n) is 6.82. The Balaban J connectivity index is 1.98. The molecule has 1 amide bonds. The number of rotatable bonds is 6. The van der Waals surface area contributed by atoms with Crippen molar-refractivity contribution >= 4 is 44.9 Å². The standard InChI is InChI=1S/C20H19Cl2N3O4S/c1-12(2)19-11-20(25(24-19)15-6-9-17(21)18(22)10-15)29-30(27,28)16-7-4-14(5-8-16)23-13(3)26/h4-12H,1-3H3,(H,23,26). The van der Waals surface area contributed by atoms with Gasteiger partial charge >= 0.3 is 10.1 Å². The van der Waals surface area contributed by atoms with Crippen LogP contribution in [0.25, 0.3) is 5.69 Å². The van der Waals surface area contributed by atoms with Crippen LogP contribution in [0, 0.1) is 0 Å². The Morgan fingerprint density at radius 3 is 2.30 bits per heavy atom. The molecule has 7 nitrogen and oxygen atoms in total. The zero-order chi connectivity index (χ0) is 22.1. The maximum atomic E-state index is 12.8. The molecule has 0 aliphatic heterocycles. The van der Waals surface area contributed by atoms with E-state index in [1.54, 1.807) is 24.3 Å². The number of benzene rings is 2. The van der Waals surface area contributed by atoms with E-state index in [1.807, 2.05) is 13.8 Å². The van der Waals surface area contributed by atoms with Gasteiger partial charge in [0.25, 0.3) is 0 Å². The lowest BCUT2D eigenvalue weighted by atomic mass is 10.1. The normalized spacial score (nSPS) is 11.5. The Morgan fingerprint density at radius 1 is 1.07 bits per heavy atom. The molecule has 1 N–H and O–H groups in total. The van der Waals surface area contributed by atoms with Gasteiger partial charge in [0.1, 0.15) is 4.90 Å². The number of hydrogen-bond donors (Lipinski definition) is 1. The highest BCUT2D eigenvalue weighted by atomic mass is 35.5. The van der Waals surface area contributed by atoms with Gasteiger partial charge in [-0.25, -0.2) is 0 Å². The third-order valence-electron chi connectivity index (χ3n) is 4.09. The lowest BCUT2D eigenvalue weighted by Crippen LogP contribution is -2.13. The van der Waals surface area contributed by atoms with E-state index in [4.69, 9.17) is 27.4 Å². The van der Waals surface area contributed by atoms with Crippen molar-refractivity contribution in [3.8, 4) is 11.6 Å². The number of hydrogen-bond acceptors (Lipinski definition) is 5. The van der Waals surface area contributed by atoms with Crippen LogP contribution in [0.15, 0.2) is 53.4 Å². The minimum atomic E-state index is -4.15. The van der Waals surface area contributed by atoms with Gasteiger partial charge in [-0.15, -0.1) is 0 Å². The average Bonchev–Trinajstić information content (AvgIpc) is 3.07. The Hall–Kier alpha value is -2.55. The van der Waals surface area contributed by atoms with Crippen molar-refractivity contribution in [2.45, 2.75) is 31.6 Å². The molecule has 0 unspecified atom stereocenters. The quantitative estimate of drug-likeness (QED) is 0.513. The van der Waals surface area contributed by atoms with Crippen molar-refractivity contribution in [3.05, 3.63) is 64.3 Å². The third-order valence-corrected chi connectivity index (χ3v) is 6.07. The number of carbonyl (C=O) groups excluding carboxylic acids is 1. The van der Waals surface area contributed by atoms with Crippen LogP contribution in [0.3, 0.4) is 0 Å². The Labute approximate surface area is 184 Å². The van der Waals surface area contributed by atoms with Gasteiger partial charge < -0.3 is 9.50 Å². The molecule has 0 aliphatic rings. The van der Waals surface area contributed by atoms with E-state index in [1.165, 1.54) is 35.9 Å². The fraction of sp³-hybridized carbons (Fsp3) is 0.200. The highest BCUT2D eigenvalue weighted by Gasteiger charge is 2.22. The van der Waals surface area contributed by atoms with E-state index in [0.29, 0.717) is 27.1 Å². The van der Waals surface area contributed by atoms with Crippen molar-refractivity contribution in [2.24, 2.45) is 0 Å². The van der Waals surface area contributed by atoms with Crippen LogP contribution in [-0.4, -0.2) is 24.1 Å². The molecule has 0 aliphatic carbocycles. The predicted molar refractivity (Wildman–Crippen MR) is 116 cm³/mol. The number of halogens is 2. The van der Waals surface area contributed by atoms with Crippen LogP contribution < -0.4 is 9.50 Å². The molecule has 0 fully saturated rings. The summed E-state index contributed by atoms with van der Waals surface area (Å²) in [5, 5.41) is 7.70. The fourth-order valence-electron chi connectivity index (χ4n) is 2.59. The topological polar surface area (TPSA) is 90.3 Å². The van der Waals surface area contributed by atoms with Crippen LogP contribution in [0.2, 0.25) is 10.0 Å². The van der Waals surface area contributed by atoms with E-state index in [2.05, 4.69) is 10.4 Å². The molecule has 30 heavy (non-hydrogen) atoms. The highest BCUT2D eigenvalue weighted by Crippen LogP contribution is 2.30. The second kappa shape index (κ2) is 8.67. The summed E-state index contributed by atoms with van der Waals surface area (Å²) >= 11 is 12.1. The molecule has 0 saturated heterocycles. The first kappa shape index (κ1) is 22.1. The summed E-state index contributed by atoms with van der Waals surface area (Å²) < 4.78 is 32.4. The Bertz CT molecular complexity index is 1190.